The molecular formula is C14H17BrN2O3. The minimum absolute atomic E-state index is 0.128. The fourth-order valence-corrected chi connectivity index (χ4v) is 2.86. The van der Waals surface area contributed by atoms with E-state index in [4.69, 9.17) is 5.11 Å². The Morgan fingerprint density at radius 3 is 2.65 bits per heavy atom. The highest BCUT2D eigenvalue weighted by molar-refractivity contribution is 9.10. The number of likely N-dealkylation sites (tertiary alicyclic amines) is 1. The Morgan fingerprint density at radius 1 is 1.40 bits per heavy atom. The second-order valence-electron chi connectivity index (χ2n) is 5.50. The van der Waals surface area contributed by atoms with Gasteiger partial charge in [-0.25, -0.2) is 9.59 Å². The second kappa shape index (κ2) is 5.44. The van der Waals surface area contributed by atoms with Crippen LogP contribution in [0.3, 0.4) is 0 Å². The molecule has 0 spiro atoms. The normalized spacial score (nSPS) is 17.1. The molecule has 1 fully saturated rings. The van der Waals surface area contributed by atoms with E-state index in [0.717, 1.165) is 19.4 Å². The van der Waals surface area contributed by atoms with Gasteiger partial charge in [0.2, 0.25) is 0 Å². The van der Waals surface area contributed by atoms with Gasteiger partial charge in [0.25, 0.3) is 0 Å². The molecule has 0 bridgehead atoms. The maximum absolute atomic E-state index is 12.3. The van der Waals surface area contributed by atoms with E-state index >= 15 is 0 Å². The third-order valence-electron chi connectivity index (χ3n) is 3.59. The molecule has 1 aliphatic heterocycles. The Kier molecular flexibility index (Phi) is 4.04. The monoisotopic (exact) mass is 340 g/mol. The lowest BCUT2D eigenvalue weighted by Gasteiger charge is -2.31. The Balaban J connectivity index is 2.16. The molecule has 0 aromatic heterocycles. The second-order valence-corrected chi connectivity index (χ2v) is 6.35. The number of carbonyl (C=O) groups excluding carboxylic acids is 1. The molecule has 1 aromatic rings. The topological polar surface area (TPSA) is 69.6 Å². The first-order valence-corrected chi connectivity index (χ1v) is 7.22. The van der Waals surface area contributed by atoms with Crippen LogP contribution in [0.5, 0.6) is 0 Å². The van der Waals surface area contributed by atoms with Gasteiger partial charge in [-0.05, 0) is 60.8 Å². The average molecular weight is 341 g/mol. The Labute approximate surface area is 126 Å². The van der Waals surface area contributed by atoms with Crippen LogP contribution in [0.15, 0.2) is 22.7 Å². The van der Waals surface area contributed by atoms with Crippen molar-refractivity contribution in [3.8, 4) is 0 Å². The van der Waals surface area contributed by atoms with Crippen molar-refractivity contribution in [2.45, 2.75) is 32.2 Å². The summed E-state index contributed by atoms with van der Waals surface area (Å²) in [6, 6.07) is 4.56. The van der Waals surface area contributed by atoms with Gasteiger partial charge in [0.05, 0.1) is 5.56 Å². The molecule has 0 atom stereocenters. The van der Waals surface area contributed by atoms with Gasteiger partial charge in [-0.1, -0.05) is 0 Å². The third-order valence-corrected chi connectivity index (χ3v) is 4.29. The SMILES string of the molecule is CC1(C)CCCN1C(=O)Nc1ccc(Br)c(C(=O)O)c1. The number of benzene rings is 1. The van der Waals surface area contributed by atoms with Gasteiger partial charge in [0, 0.05) is 22.2 Å². The molecule has 2 rings (SSSR count). The summed E-state index contributed by atoms with van der Waals surface area (Å²) in [4.78, 5) is 25.1. The summed E-state index contributed by atoms with van der Waals surface area (Å²) in [6.07, 6.45) is 1.96. The van der Waals surface area contributed by atoms with E-state index in [1.165, 1.54) is 6.07 Å². The van der Waals surface area contributed by atoms with Gasteiger partial charge in [0.15, 0.2) is 0 Å². The summed E-state index contributed by atoms with van der Waals surface area (Å²) in [7, 11) is 0. The first-order valence-electron chi connectivity index (χ1n) is 6.43. The summed E-state index contributed by atoms with van der Waals surface area (Å²) in [5, 5.41) is 11.8. The number of rotatable bonds is 2. The number of carbonyl (C=O) groups is 2. The van der Waals surface area contributed by atoms with Crippen molar-refractivity contribution in [3.05, 3.63) is 28.2 Å². The summed E-state index contributed by atoms with van der Waals surface area (Å²) >= 11 is 3.18. The quantitative estimate of drug-likeness (QED) is 0.864. The molecule has 0 saturated carbocycles. The van der Waals surface area contributed by atoms with Gasteiger partial charge >= 0.3 is 12.0 Å². The molecule has 0 radical (unpaired) electrons. The number of amides is 2. The van der Waals surface area contributed by atoms with Crippen LogP contribution in [0.1, 0.15) is 37.0 Å². The van der Waals surface area contributed by atoms with Crippen molar-refractivity contribution in [1.29, 1.82) is 0 Å². The first-order chi connectivity index (χ1) is 9.31. The highest BCUT2D eigenvalue weighted by atomic mass is 79.9. The van der Waals surface area contributed by atoms with Gasteiger partial charge in [0.1, 0.15) is 0 Å². The number of urea groups is 1. The van der Waals surface area contributed by atoms with E-state index < -0.39 is 5.97 Å². The van der Waals surface area contributed by atoms with Crippen molar-refractivity contribution < 1.29 is 14.7 Å². The fourth-order valence-electron chi connectivity index (χ4n) is 2.44. The lowest BCUT2D eigenvalue weighted by molar-refractivity contribution is 0.0696. The van der Waals surface area contributed by atoms with E-state index in [9.17, 15) is 9.59 Å². The zero-order chi connectivity index (χ0) is 14.9. The number of nitrogens with one attached hydrogen (secondary N) is 1. The molecular weight excluding hydrogens is 324 g/mol. The Hall–Kier alpha value is -1.56. The molecule has 0 aliphatic carbocycles. The van der Waals surface area contributed by atoms with Crippen molar-refractivity contribution in [2.24, 2.45) is 0 Å². The number of aromatic carboxylic acids is 1. The van der Waals surface area contributed by atoms with E-state index in [0.29, 0.717) is 10.2 Å². The summed E-state index contributed by atoms with van der Waals surface area (Å²) in [6.45, 7) is 4.79. The minimum Gasteiger partial charge on any atom is -0.478 e. The lowest BCUT2D eigenvalue weighted by atomic mass is 10.0. The van der Waals surface area contributed by atoms with Crippen LogP contribution >= 0.6 is 15.9 Å². The number of halogens is 1. The van der Waals surface area contributed by atoms with Crippen LogP contribution in [0, 0.1) is 0 Å². The zero-order valence-corrected chi connectivity index (χ0v) is 13.0. The van der Waals surface area contributed by atoms with E-state index in [-0.39, 0.29) is 17.1 Å². The molecule has 0 unspecified atom stereocenters. The first kappa shape index (κ1) is 14.8. The molecule has 2 N–H and O–H groups in total. The number of hydrogen-bond donors (Lipinski definition) is 2. The highest BCUT2D eigenvalue weighted by Crippen LogP contribution is 2.29. The highest BCUT2D eigenvalue weighted by Gasteiger charge is 2.35. The van der Waals surface area contributed by atoms with Gasteiger partial charge in [-0.3, -0.25) is 0 Å². The predicted molar refractivity (Wildman–Crippen MR) is 80.1 cm³/mol. The maximum Gasteiger partial charge on any atom is 0.336 e. The Morgan fingerprint density at radius 2 is 2.10 bits per heavy atom. The molecule has 20 heavy (non-hydrogen) atoms. The molecule has 108 valence electrons. The van der Waals surface area contributed by atoms with Crippen molar-refractivity contribution in [1.82, 2.24) is 4.90 Å². The van der Waals surface area contributed by atoms with Gasteiger partial charge in [-0.15, -0.1) is 0 Å². The van der Waals surface area contributed by atoms with Crippen LogP contribution in [0.4, 0.5) is 10.5 Å². The minimum atomic E-state index is -1.03. The fraction of sp³-hybridized carbons (Fsp3) is 0.429. The summed E-state index contributed by atoms with van der Waals surface area (Å²) < 4.78 is 0.490. The molecule has 2 amide bonds. The number of nitrogens with zero attached hydrogens (tertiary/aromatic N) is 1. The standard InChI is InChI=1S/C14H17BrN2O3/c1-14(2)6-3-7-17(14)13(20)16-9-4-5-11(15)10(8-9)12(18)19/h4-5,8H,3,6-7H2,1-2H3,(H,16,20)(H,18,19). The number of hydrogen-bond acceptors (Lipinski definition) is 2. The van der Waals surface area contributed by atoms with E-state index in [1.54, 1.807) is 17.0 Å². The molecule has 5 nitrogen and oxygen atoms in total. The predicted octanol–water partition coefficient (Wildman–Crippen LogP) is 3.55. The lowest BCUT2D eigenvalue weighted by Crippen LogP contribution is -2.44. The van der Waals surface area contributed by atoms with Crippen molar-refractivity contribution >= 4 is 33.6 Å². The Bertz CT molecular complexity index is 557. The molecule has 6 heteroatoms. The van der Waals surface area contributed by atoms with Crippen molar-refractivity contribution in [3.63, 3.8) is 0 Å². The average Bonchev–Trinajstić information content (AvgIpc) is 2.71. The zero-order valence-electron chi connectivity index (χ0n) is 11.4. The van der Waals surface area contributed by atoms with Crippen LogP contribution in [-0.2, 0) is 0 Å². The molecule has 1 aliphatic rings. The number of anilines is 1. The molecule has 1 aromatic carbocycles. The molecule has 1 heterocycles. The largest absolute Gasteiger partial charge is 0.478 e. The van der Waals surface area contributed by atoms with E-state index in [2.05, 4.69) is 21.2 Å². The van der Waals surface area contributed by atoms with Crippen LogP contribution in [-0.4, -0.2) is 34.1 Å². The van der Waals surface area contributed by atoms with Crippen molar-refractivity contribution in [2.75, 3.05) is 11.9 Å². The molecule has 1 saturated heterocycles. The van der Waals surface area contributed by atoms with Crippen LogP contribution in [0.2, 0.25) is 0 Å². The van der Waals surface area contributed by atoms with Gasteiger partial charge in [-0.2, -0.15) is 0 Å². The summed E-state index contributed by atoms with van der Waals surface area (Å²) in [5.41, 5.74) is 0.455. The van der Waals surface area contributed by atoms with Crippen LogP contribution in [0.25, 0.3) is 0 Å². The number of carboxylic acids is 1. The summed E-state index contributed by atoms with van der Waals surface area (Å²) in [5.74, 6) is -1.03. The van der Waals surface area contributed by atoms with E-state index in [1.807, 2.05) is 13.8 Å². The third kappa shape index (κ3) is 2.95. The number of carboxylic acid groups (broad SMARTS) is 1. The maximum atomic E-state index is 12.3. The van der Waals surface area contributed by atoms with Gasteiger partial charge < -0.3 is 15.3 Å². The van der Waals surface area contributed by atoms with Crippen LogP contribution < -0.4 is 5.32 Å². The smallest absolute Gasteiger partial charge is 0.336 e.